The molecule has 2 fully saturated rings. The topological polar surface area (TPSA) is 0 Å². The fraction of sp³-hybridized carbons (Fsp3) is 1.00. The van der Waals surface area contributed by atoms with Crippen molar-refractivity contribution in [2.75, 3.05) is 0 Å². The van der Waals surface area contributed by atoms with Gasteiger partial charge < -0.3 is 0 Å². The SMILES string of the molecule is C1CCCCCC2CC2CCCC1. The Morgan fingerprint density at radius 3 is 1.31 bits per heavy atom. The monoisotopic (exact) mass is 180 g/mol. The molecule has 2 saturated carbocycles. The summed E-state index contributed by atoms with van der Waals surface area (Å²) < 4.78 is 0. The summed E-state index contributed by atoms with van der Waals surface area (Å²) in [6, 6.07) is 0. The van der Waals surface area contributed by atoms with Crippen LogP contribution in [0.5, 0.6) is 0 Å². The van der Waals surface area contributed by atoms with Gasteiger partial charge in [-0.15, -0.1) is 0 Å². The Morgan fingerprint density at radius 1 is 0.462 bits per heavy atom. The average molecular weight is 180 g/mol. The summed E-state index contributed by atoms with van der Waals surface area (Å²) in [5.41, 5.74) is 0. The van der Waals surface area contributed by atoms with Gasteiger partial charge in [0, 0.05) is 0 Å². The van der Waals surface area contributed by atoms with E-state index in [1.165, 1.54) is 63.2 Å². The Balaban J connectivity index is 1.66. The molecule has 0 aromatic rings. The van der Waals surface area contributed by atoms with Crippen LogP contribution in [0.2, 0.25) is 0 Å². The molecule has 0 spiro atoms. The summed E-state index contributed by atoms with van der Waals surface area (Å²) in [6.45, 7) is 0. The van der Waals surface area contributed by atoms with Gasteiger partial charge in [-0.1, -0.05) is 64.2 Å². The van der Waals surface area contributed by atoms with Crippen LogP contribution in [-0.4, -0.2) is 0 Å². The molecular weight excluding hydrogens is 156 g/mol. The third-order valence-electron chi connectivity index (χ3n) is 3.97. The van der Waals surface area contributed by atoms with Gasteiger partial charge in [-0.05, 0) is 18.3 Å². The Bertz CT molecular complexity index is 123. The maximum atomic E-state index is 1.58. The van der Waals surface area contributed by atoms with Gasteiger partial charge in [-0.2, -0.15) is 0 Å². The molecule has 2 unspecified atom stereocenters. The standard InChI is InChI=1S/C13H24/c1-2-4-6-8-10-13-11-12(13)9-7-5-3-1/h12-13H,1-11H2. The highest BCUT2D eigenvalue weighted by atomic mass is 14.4. The third-order valence-corrected chi connectivity index (χ3v) is 3.97. The first-order valence-corrected chi connectivity index (χ1v) is 6.47. The van der Waals surface area contributed by atoms with Crippen molar-refractivity contribution in [3.8, 4) is 0 Å². The Morgan fingerprint density at radius 2 is 0.846 bits per heavy atom. The fourth-order valence-electron chi connectivity index (χ4n) is 2.89. The van der Waals surface area contributed by atoms with Gasteiger partial charge in [0.2, 0.25) is 0 Å². The van der Waals surface area contributed by atoms with Gasteiger partial charge in [0.1, 0.15) is 0 Å². The van der Waals surface area contributed by atoms with Crippen LogP contribution < -0.4 is 0 Å². The molecule has 0 aromatic carbocycles. The number of fused-ring (bicyclic) bond motifs is 1. The highest BCUT2D eigenvalue weighted by Gasteiger charge is 2.35. The minimum absolute atomic E-state index is 1.17. The first-order valence-electron chi connectivity index (χ1n) is 6.47. The molecule has 0 bridgehead atoms. The molecule has 2 atom stereocenters. The van der Waals surface area contributed by atoms with Gasteiger partial charge in [-0.3, -0.25) is 0 Å². The first kappa shape index (κ1) is 9.55. The molecule has 0 heteroatoms. The van der Waals surface area contributed by atoms with Crippen LogP contribution in [-0.2, 0) is 0 Å². The molecule has 0 amide bonds. The van der Waals surface area contributed by atoms with Crippen molar-refractivity contribution in [1.29, 1.82) is 0 Å². The molecule has 0 nitrogen and oxygen atoms in total. The van der Waals surface area contributed by atoms with Crippen LogP contribution in [0.3, 0.4) is 0 Å². The van der Waals surface area contributed by atoms with Gasteiger partial charge in [-0.25, -0.2) is 0 Å². The van der Waals surface area contributed by atoms with E-state index in [1.807, 2.05) is 0 Å². The molecule has 2 aliphatic carbocycles. The number of hydrogen-bond acceptors (Lipinski definition) is 0. The fourth-order valence-corrected chi connectivity index (χ4v) is 2.89. The van der Waals surface area contributed by atoms with Crippen LogP contribution in [0.4, 0.5) is 0 Å². The van der Waals surface area contributed by atoms with Crippen molar-refractivity contribution in [3.05, 3.63) is 0 Å². The van der Waals surface area contributed by atoms with E-state index < -0.39 is 0 Å². The molecule has 0 aromatic heterocycles. The van der Waals surface area contributed by atoms with E-state index in [9.17, 15) is 0 Å². The lowest BCUT2D eigenvalue weighted by Gasteiger charge is -2.05. The minimum atomic E-state index is 1.17. The lowest BCUT2D eigenvalue weighted by atomic mass is 10.0. The molecule has 2 rings (SSSR count). The molecule has 0 heterocycles. The molecular formula is C13H24. The van der Waals surface area contributed by atoms with Crippen molar-refractivity contribution in [1.82, 2.24) is 0 Å². The maximum Gasteiger partial charge on any atom is -0.0383 e. The second-order valence-corrected chi connectivity index (χ2v) is 5.16. The molecule has 76 valence electrons. The maximum absolute atomic E-state index is 1.58. The number of hydrogen-bond donors (Lipinski definition) is 0. The van der Waals surface area contributed by atoms with E-state index in [4.69, 9.17) is 0 Å². The summed E-state index contributed by atoms with van der Waals surface area (Å²) >= 11 is 0. The zero-order valence-corrected chi connectivity index (χ0v) is 8.93. The van der Waals surface area contributed by atoms with Crippen molar-refractivity contribution in [2.45, 2.75) is 70.6 Å². The largest absolute Gasteiger partial charge is 0.0533 e. The van der Waals surface area contributed by atoms with Crippen molar-refractivity contribution in [3.63, 3.8) is 0 Å². The lowest BCUT2D eigenvalue weighted by molar-refractivity contribution is 0.491. The van der Waals surface area contributed by atoms with Crippen molar-refractivity contribution in [2.24, 2.45) is 11.8 Å². The summed E-state index contributed by atoms with van der Waals surface area (Å²) in [4.78, 5) is 0. The quantitative estimate of drug-likeness (QED) is 0.513. The predicted molar refractivity (Wildman–Crippen MR) is 57.8 cm³/mol. The van der Waals surface area contributed by atoms with Crippen molar-refractivity contribution < 1.29 is 0 Å². The molecule has 0 aliphatic heterocycles. The molecule has 13 heavy (non-hydrogen) atoms. The zero-order valence-electron chi connectivity index (χ0n) is 8.93. The highest BCUT2D eigenvalue weighted by molar-refractivity contribution is 4.85. The van der Waals surface area contributed by atoms with Crippen LogP contribution in [0.25, 0.3) is 0 Å². The van der Waals surface area contributed by atoms with Gasteiger partial charge in [0.15, 0.2) is 0 Å². The van der Waals surface area contributed by atoms with Crippen molar-refractivity contribution >= 4 is 0 Å². The van der Waals surface area contributed by atoms with Crippen LogP contribution in [0.1, 0.15) is 70.6 Å². The van der Waals surface area contributed by atoms with Gasteiger partial charge in [0.05, 0.1) is 0 Å². The Kier molecular flexibility index (Phi) is 3.69. The van der Waals surface area contributed by atoms with E-state index in [-0.39, 0.29) is 0 Å². The Labute approximate surface area is 83.1 Å². The van der Waals surface area contributed by atoms with E-state index in [0.29, 0.717) is 0 Å². The van der Waals surface area contributed by atoms with E-state index >= 15 is 0 Å². The van der Waals surface area contributed by atoms with Gasteiger partial charge >= 0.3 is 0 Å². The van der Waals surface area contributed by atoms with Crippen LogP contribution in [0, 0.1) is 11.8 Å². The average Bonchev–Trinajstić information content (AvgIpc) is 2.83. The minimum Gasteiger partial charge on any atom is -0.0533 e. The Hall–Kier alpha value is 0. The molecule has 0 N–H and O–H groups in total. The van der Waals surface area contributed by atoms with E-state index in [2.05, 4.69) is 0 Å². The lowest BCUT2D eigenvalue weighted by Crippen LogP contribution is -1.89. The molecule has 0 radical (unpaired) electrons. The smallest absolute Gasteiger partial charge is 0.0383 e. The summed E-state index contributed by atoms with van der Waals surface area (Å²) in [6.07, 6.45) is 16.8. The predicted octanol–water partition coefficient (Wildman–Crippen LogP) is 4.54. The summed E-state index contributed by atoms with van der Waals surface area (Å²) in [7, 11) is 0. The molecule has 0 saturated heterocycles. The normalized spacial score (nSPS) is 36.9. The van der Waals surface area contributed by atoms with Gasteiger partial charge in [0.25, 0.3) is 0 Å². The summed E-state index contributed by atoms with van der Waals surface area (Å²) in [5, 5.41) is 0. The number of rotatable bonds is 0. The van der Waals surface area contributed by atoms with E-state index in [0.717, 1.165) is 0 Å². The van der Waals surface area contributed by atoms with Crippen LogP contribution >= 0.6 is 0 Å². The second-order valence-electron chi connectivity index (χ2n) is 5.16. The van der Waals surface area contributed by atoms with E-state index in [1.54, 1.807) is 19.3 Å². The highest BCUT2D eigenvalue weighted by Crippen LogP contribution is 2.45. The van der Waals surface area contributed by atoms with Crippen LogP contribution in [0.15, 0.2) is 0 Å². The molecule has 2 aliphatic rings. The zero-order chi connectivity index (χ0) is 8.93. The summed E-state index contributed by atoms with van der Waals surface area (Å²) in [5.74, 6) is 2.33. The second kappa shape index (κ2) is 5.02. The third kappa shape index (κ3) is 3.32. The first-order chi connectivity index (χ1) is 6.47.